The highest BCUT2D eigenvalue weighted by Crippen LogP contribution is 2.53. The average Bonchev–Trinajstić information content (AvgIpc) is 4.08. The highest BCUT2D eigenvalue weighted by atomic mass is 35.5. The number of aromatic nitrogens is 1. The van der Waals surface area contributed by atoms with E-state index >= 15 is 0 Å². The highest BCUT2D eigenvalue weighted by molar-refractivity contribution is 7.89. The molecule has 3 aromatic rings. The summed E-state index contributed by atoms with van der Waals surface area (Å²) in [4.78, 5) is 16.8. The predicted octanol–water partition coefficient (Wildman–Crippen LogP) is 2.49. The van der Waals surface area contributed by atoms with Gasteiger partial charge in [0, 0.05) is 54.6 Å². The summed E-state index contributed by atoms with van der Waals surface area (Å²) >= 11 is 6.56. The third-order valence-corrected chi connectivity index (χ3v) is 12.1. The fourth-order valence-electron chi connectivity index (χ4n) is 6.39. The molecular weight excluding hydrogens is 714 g/mol. The van der Waals surface area contributed by atoms with Crippen molar-refractivity contribution in [1.82, 2.24) is 14.6 Å². The lowest BCUT2D eigenvalue weighted by Gasteiger charge is -2.38. The van der Waals surface area contributed by atoms with E-state index in [1.54, 1.807) is 18.3 Å². The van der Waals surface area contributed by atoms with Crippen molar-refractivity contribution in [3.63, 3.8) is 0 Å². The van der Waals surface area contributed by atoms with E-state index in [-0.39, 0.29) is 42.4 Å². The number of rotatable bonds is 19. The van der Waals surface area contributed by atoms with E-state index in [4.69, 9.17) is 26.2 Å². The molecule has 4 unspecified atom stereocenters. The quantitative estimate of drug-likeness (QED) is 0.105. The number of sulfonamides is 1. The van der Waals surface area contributed by atoms with Crippen molar-refractivity contribution < 1.29 is 48.2 Å². The van der Waals surface area contributed by atoms with Crippen LogP contribution in [-0.4, -0.2) is 106 Å². The van der Waals surface area contributed by atoms with Crippen molar-refractivity contribution >= 4 is 27.5 Å². The topological polar surface area (TPSA) is 199 Å². The molecule has 6 rings (SSSR count). The molecule has 1 amide bonds. The van der Waals surface area contributed by atoms with Crippen LogP contribution in [-0.2, 0) is 31.8 Å². The van der Waals surface area contributed by atoms with Crippen molar-refractivity contribution in [2.24, 2.45) is 5.92 Å². The van der Waals surface area contributed by atoms with Crippen molar-refractivity contribution in [3.8, 4) is 16.9 Å². The largest absolute Gasteiger partial charge is 0.490 e. The first kappa shape index (κ1) is 38.5. The second-order valence-corrected chi connectivity index (χ2v) is 16.3. The molecule has 13 nitrogen and oxygen atoms in total. The molecule has 0 bridgehead atoms. The van der Waals surface area contributed by atoms with Crippen LogP contribution in [0, 0.1) is 5.92 Å². The Morgan fingerprint density at radius 3 is 2.46 bits per heavy atom. The Morgan fingerprint density at radius 2 is 1.75 bits per heavy atom. The van der Waals surface area contributed by atoms with E-state index in [0.717, 1.165) is 48.1 Å². The van der Waals surface area contributed by atoms with Gasteiger partial charge in [-0.1, -0.05) is 29.8 Å². The molecule has 4 atom stereocenters. The standard InChI is InChI=1S/C37H46ClN3O10S/c38-30-11-10-26(52(48,49)41-19-23(20-41)4-3-7-34(45)40-18-31(43)35(46)36(47)32(44)21-42)16-24(30)22-50-37(13-14-37)29-17-39-15-12-27(29)28-5-1-2-6-33(28)51-25-8-9-25/h1-2,5-6,10-12,15-17,23,25,31-32,35-36,42-44,46-47H,3-4,7-9,13-14,18-22H2,(H,40,45). The lowest BCUT2D eigenvalue weighted by Crippen LogP contribution is -2.50. The molecule has 52 heavy (non-hydrogen) atoms. The first-order chi connectivity index (χ1) is 24.9. The monoisotopic (exact) mass is 759 g/mol. The van der Waals surface area contributed by atoms with Crippen LogP contribution in [0.25, 0.3) is 11.1 Å². The molecule has 3 fully saturated rings. The van der Waals surface area contributed by atoms with E-state index < -0.39 is 46.6 Å². The summed E-state index contributed by atoms with van der Waals surface area (Å²) in [5.41, 5.74) is 2.91. The van der Waals surface area contributed by atoms with Gasteiger partial charge >= 0.3 is 0 Å². The summed E-state index contributed by atoms with van der Waals surface area (Å²) in [6.07, 6.45) is 2.03. The van der Waals surface area contributed by atoms with E-state index in [2.05, 4.69) is 10.3 Å². The predicted molar refractivity (Wildman–Crippen MR) is 191 cm³/mol. The Kier molecular flexibility index (Phi) is 12.2. The Morgan fingerprint density at radius 1 is 1.02 bits per heavy atom. The molecule has 1 aromatic heterocycles. The van der Waals surface area contributed by atoms with Gasteiger partial charge in [0.15, 0.2) is 0 Å². The number of aliphatic hydroxyl groups excluding tert-OH is 5. The lowest BCUT2D eigenvalue weighted by atomic mass is 9.96. The molecule has 3 aliphatic rings. The van der Waals surface area contributed by atoms with Gasteiger partial charge in [0.2, 0.25) is 15.9 Å². The van der Waals surface area contributed by atoms with E-state index in [0.29, 0.717) is 36.5 Å². The van der Waals surface area contributed by atoms with E-state index in [9.17, 15) is 33.6 Å². The Labute approximate surface area is 308 Å². The fourth-order valence-corrected chi connectivity index (χ4v) is 8.20. The van der Waals surface area contributed by atoms with Gasteiger partial charge in [0.1, 0.15) is 24.1 Å². The van der Waals surface area contributed by atoms with Gasteiger partial charge in [-0.25, -0.2) is 8.42 Å². The fraction of sp³-hybridized carbons (Fsp3) is 0.514. The smallest absolute Gasteiger partial charge is 0.243 e. The summed E-state index contributed by atoms with van der Waals surface area (Å²) in [7, 11) is -3.79. The average molecular weight is 760 g/mol. The lowest BCUT2D eigenvalue weighted by molar-refractivity contribution is -0.126. The number of nitrogens with zero attached hydrogens (tertiary/aromatic N) is 2. The number of pyridine rings is 1. The Bertz CT molecular complexity index is 1820. The number of hydrogen-bond acceptors (Lipinski definition) is 11. The van der Waals surface area contributed by atoms with Crippen molar-refractivity contribution in [3.05, 3.63) is 77.1 Å². The Hall–Kier alpha value is -3.18. The first-order valence-corrected chi connectivity index (χ1v) is 19.5. The van der Waals surface area contributed by atoms with Gasteiger partial charge in [0.25, 0.3) is 0 Å². The summed E-state index contributed by atoms with van der Waals surface area (Å²) in [5, 5.41) is 50.7. The SMILES string of the molecule is O=C(CCCC1CN(S(=O)(=O)c2ccc(Cl)c(COC3(c4cnccc4-c4ccccc4OC4CC4)CC3)c2)C1)NCC(O)C(O)C(O)C(O)CO. The van der Waals surface area contributed by atoms with Crippen LogP contribution >= 0.6 is 11.6 Å². The summed E-state index contributed by atoms with van der Waals surface area (Å²) < 4.78 is 41.2. The van der Waals surface area contributed by atoms with Crippen LogP contribution in [0.3, 0.4) is 0 Å². The second-order valence-electron chi connectivity index (χ2n) is 14.0. The molecule has 1 aliphatic heterocycles. The molecule has 2 aliphatic carbocycles. The van der Waals surface area contributed by atoms with Gasteiger partial charge in [-0.3, -0.25) is 9.78 Å². The Balaban J connectivity index is 1.00. The number of para-hydroxylation sites is 1. The van der Waals surface area contributed by atoms with E-state index in [1.807, 2.05) is 36.5 Å². The maximum Gasteiger partial charge on any atom is 0.243 e. The number of carbonyl (C=O) groups excluding carboxylic acids is 1. The van der Waals surface area contributed by atoms with Crippen molar-refractivity contribution in [1.29, 1.82) is 0 Å². The van der Waals surface area contributed by atoms with Crippen LogP contribution in [0.2, 0.25) is 5.02 Å². The number of benzene rings is 2. The zero-order valence-electron chi connectivity index (χ0n) is 28.7. The van der Waals surface area contributed by atoms with Crippen LogP contribution < -0.4 is 10.1 Å². The van der Waals surface area contributed by atoms with Gasteiger partial charge in [-0.05, 0) is 85.9 Å². The molecule has 15 heteroatoms. The van der Waals surface area contributed by atoms with Gasteiger partial charge in [0.05, 0.1) is 35.9 Å². The number of halogens is 1. The molecule has 0 spiro atoms. The summed E-state index contributed by atoms with van der Waals surface area (Å²) in [5.74, 6) is 0.518. The first-order valence-electron chi connectivity index (χ1n) is 17.6. The van der Waals surface area contributed by atoms with Gasteiger partial charge in [-0.2, -0.15) is 4.31 Å². The maximum absolute atomic E-state index is 13.5. The minimum atomic E-state index is -3.79. The number of hydrogen-bond donors (Lipinski definition) is 6. The highest BCUT2D eigenvalue weighted by Gasteiger charge is 2.48. The third-order valence-electron chi connectivity index (χ3n) is 9.94. The van der Waals surface area contributed by atoms with Gasteiger partial charge in [-0.15, -0.1) is 0 Å². The third kappa shape index (κ3) is 8.95. The number of nitrogens with one attached hydrogen (secondary N) is 1. The minimum Gasteiger partial charge on any atom is -0.490 e. The molecular formula is C37H46ClN3O10S. The second kappa shape index (κ2) is 16.5. The maximum atomic E-state index is 13.5. The normalized spacial score (nSPS) is 19.7. The molecule has 282 valence electrons. The zero-order valence-corrected chi connectivity index (χ0v) is 30.3. The number of carbonyl (C=O) groups is 1. The van der Waals surface area contributed by atoms with Crippen LogP contribution in [0.4, 0.5) is 0 Å². The molecule has 1 saturated heterocycles. The number of aliphatic hydroxyl groups is 5. The number of ether oxygens (including phenoxy) is 2. The molecule has 2 saturated carbocycles. The zero-order chi connectivity index (χ0) is 37.0. The summed E-state index contributed by atoms with van der Waals surface area (Å²) in [6.45, 7) is -0.410. The van der Waals surface area contributed by atoms with E-state index in [1.165, 1.54) is 10.4 Å². The van der Waals surface area contributed by atoms with Crippen LogP contribution in [0.1, 0.15) is 56.1 Å². The molecule has 2 aromatic carbocycles. The molecule has 2 heterocycles. The summed E-state index contributed by atoms with van der Waals surface area (Å²) in [6, 6.07) is 14.6. The molecule has 0 radical (unpaired) electrons. The number of amides is 1. The molecule has 6 N–H and O–H groups in total. The van der Waals surface area contributed by atoms with Crippen molar-refractivity contribution in [2.45, 2.75) is 92.6 Å². The van der Waals surface area contributed by atoms with Crippen LogP contribution in [0.15, 0.2) is 65.8 Å². The van der Waals surface area contributed by atoms with Gasteiger partial charge < -0.3 is 40.3 Å². The minimum absolute atomic E-state index is 0.0726. The van der Waals surface area contributed by atoms with Crippen LogP contribution in [0.5, 0.6) is 5.75 Å². The van der Waals surface area contributed by atoms with Crippen molar-refractivity contribution in [2.75, 3.05) is 26.2 Å².